The van der Waals surface area contributed by atoms with Gasteiger partial charge < -0.3 is 15.8 Å². The second-order valence-electron chi connectivity index (χ2n) is 4.16. The van der Waals surface area contributed by atoms with Gasteiger partial charge in [0.05, 0.1) is 5.54 Å². The topological polar surface area (TPSA) is 77.2 Å². The second-order valence-corrected chi connectivity index (χ2v) is 4.16. The molecule has 1 unspecified atom stereocenters. The highest BCUT2D eigenvalue weighted by Gasteiger charge is 2.38. The van der Waals surface area contributed by atoms with Crippen molar-refractivity contribution < 1.29 is 9.53 Å². The molecule has 0 saturated heterocycles. The van der Waals surface area contributed by atoms with E-state index in [0.717, 1.165) is 0 Å². The molecule has 1 aliphatic heterocycles. The van der Waals surface area contributed by atoms with Crippen LogP contribution in [-0.4, -0.2) is 22.5 Å². The minimum atomic E-state index is -0.725. The van der Waals surface area contributed by atoms with Gasteiger partial charge in [0, 0.05) is 6.20 Å². The Morgan fingerprint density at radius 2 is 2.33 bits per heavy atom. The summed E-state index contributed by atoms with van der Waals surface area (Å²) in [7, 11) is 0. The number of carbonyl (C=O) groups is 1. The molecule has 80 valence electrons. The largest absolute Gasteiger partial charge is 0.475 e. The van der Waals surface area contributed by atoms with Crippen molar-refractivity contribution in [2.24, 2.45) is 5.73 Å². The highest BCUT2D eigenvalue weighted by atomic mass is 16.5. The van der Waals surface area contributed by atoms with Crippen LogP contribution in [0.5, 0.6) is 5.75 Å². The molecule has 0 fully saturated rings. The Balaban J connectivity index is 2.34. The van der Waals surface area contributed by atoms with Gasteiger partial charge in [-0.1, -0.05) is 0 Å². The molecule has 1 atom stereocenters. The molecule has 1 amide bonds. The summed E-state index contributed by atoms with van der Waals surface area (Å²) in [6, 6.07) is 3.50. The normalized spacial score (nSPS) is 20.2. The van der Waals surface area contributed by atoms with E-state index < -0.39 is 11.6 Å². The van der Waals surface area contributed by atoms with E-state index in [9.17, 15) is 4.79 Å². The third-order valence-electron chi connectivity index (χ3n) is 2.17. The van der Waals surface area contributed by atoms with Crippen LogP contribution in [0.2, 0.25) is 0 Å². The molecule has 0 aromatic carbocycles. The first-order chi connectivity index (χ1) is 6.98. The first-order valence-corrected chi connectivity index (χ1v) is 4.70. The fraction of sp³-hybridized carbons (Fsp3) is 0.400. The maximum atomic E-state index is 11.6. The minimum absolute atomic E-state index is 0.256. The van der Waals surface area contributed by atoms with E-state index in [4.69, 9.17) is 10.5 Å². The monoisotopic (exact) mass is 207 g/mol. The quantitative estimate of drug-likeness (QED) is 0.703. The lowest BCUT2D eigenvalue weighted by molar-refractivity contribution is -0.126. The molecule has 2 heterocycles. The summed E-state index contributed by atoms with van der Waals surface area (Å²) in [6.07, 6.45) is 0.908. The molecular formula is C10H13N3O2. The maximum absolute atomic E-state index is 11.6. The highest BCUT2D eigenvalue weighted by molar-refractivity contribution is 5.97. The first kappa shape index (κ1) is 9.92. The molecule has 5 nitrogen and oxygen atoms in total. The summed E-state index contributed by atoms with van der Waals surface area (Å²) < 4.78 is 5.51. The van der Waals surface area contributed by atoms with E-state index in [0.29, 0.717) is 11.6 Å². The van der Waals surface area contributed by atoms with Crippen molar-refractivity contribution in [3.63, 3.8) is 0 Å². The van der Waals surface area contributed by atoms with Gasteiger partial charge in [0.25, 0.3) is 5.91 Å². The Bertz CT molecular complexity index is 398. The highest BCUT2D eigenvalue weighted by Crippen LogP contribution is 2.29. The summed E-state index contributed by atoms with van der Waals surface area (Å²) in [5, 5.41) is 2.66. The molecule has 0 radical (unpaired) electrons. The summed E-state index contributed by atoms with van der Waals surface area (Å²) in [5.74, 6) is 0.748. The van der Waals surface area contributed by atoms with Gasteiger partial charge >= 0.3 is 0 Å². The average molecular weight is 207 g/mol. The number of fused-ring (bicyclic) bond motifs is 1. The Kier molecular flexibility index (Phi) is 2.12. The summed E-state index contributed by atoms with van der Waals surface area (Å²) in [5.41, 5.74) is 5.13. The lowest BCUT2D eigenvalue weighted by Crippen LogP contribution is -2.56. The molecule has 5 heteroatoms. The molecule has 15 heavy (non-hydrogen) atoms. The molecule has 3 N–H and O–H groups in total. The first-order valence-electron chi connectivity index (χ1n) is 4.70. The molecule has 1 aromatic heterocycles. The number of nitrogens with one attached hydrogen (secondary N) is 1. The van der Waals surface area contributed by atoms with Gasteiger partial charge in [0.2, 0.25) is 0 Å². The third kappa shape index (κ3) is 1.78. The lowest BCUT2D eigenvalue weighted by Gasteiger charge is -2.33. The van der Waals surface area contributed by atoms with Crippen molar-refractivity contribution in [2.45, 2.75) is 25.5 Å². The molecule has 1 aliphatic rings. The number of pyridine rings is 1. The smallest absolute Gasteiger partial charge is 0.268 e. The fourth-order valence-corrected chi connectivity index (χ4v) is 1.43. The average Bonchev–Trinajstić information content (AvgIpc) is 2.15. The van der Waals surface area contributed by atoms with Crippen LogP contribution in [0.3, 0.4) is 0 Å². The number of aromatic nitrogens is 1. The van der Waals surface area contributed by atoms with Crippen molar-refractivity contribution in [2.75, 3.05) is 5.32 Å². The van der Waals surface area contributed by atoms with E-state index in [1.54, 1.807) is 32.2 Å². The fourth-order valence-electron chi connectivity index (χ4n) is 1.43. The van der Waals surface area contributed by atoms with E-state index in [2.05, 4.69) is 10.3 Å². The Hall–Kier alpha value is -1.62. The summed E-state index contributed by atoms with van der Waals surface area (Å²) in [4.78, 5) is 15.6. The minimum Gasteiger partial charge on any atom is -0.475 e. The molecule has 2 rings (SSSR count). The zero-order chi connectivity index (χ0) is 11.1. The van der Waals surface area contributed by atoms with Gasteiger partial charge in [-0.15, -0.1) is 0 Å². The van der Waals surface area contributed by atoms with Gasteiger partial charge in [0.1, 0.15) is 0 Å². The van der Waals surface area contributed by atoms with Crippen LogP contribution in [0, 0.1) is 0 Å². The third-order valence-corrected chi connectivity index (χ3v) is 2.17. The Morgan fingerprint density at radius 1 is 1.60 bits per heavy atom. The number of hydrogen-bond donors (Lipinski definition) is 2. The predicted octanol–water partition coefficient (Wildman–Crippen LogP) is 0.518. The zero-order valence-corrected chi connectivity index (χ0v) is 8.65. The van der Waals surface area contributed by atoms with Gasteiger partial charge in [-0.3, -0.25) is 4.79 Å². The lowest BCUT2D eigenvalue weighted by atomic mass is 9.97. The number of nitrogens with two attached hydrogens (primary N) is 1. The molecule has 0 spiro atoms. The van der Waals surface area contributed by atoms with Crippen molar-refractivity contribution in [3.05, 3.63) is 18.3 Å². The summed E-state index contributed by atoms with van der Waals surface area (Å²) in [6.45, 7) is 3.50. The number of hydrogen-bond acceptors (Lipinski definition) is 4. The van der Waals surface area contributed by atoms with Crippen LogP contribution in [0.25, 0.3) is 0 Å². The van der Waals surface area contributed by atoms with Crippen molar-refractivity contribution in [1.82, 2.24) is 4.98 Å². The molecule has 1 aromatic rings. The van der Waals surface area contributed by atoms with Crippen LogP contribution in [0.15, 0.2) is 18.3 Å². The number of anilines is 1. The number of amides is 1. The number of rotatable bonds is 1. The van der Waals surface area contributed by atoms with Gasteiger partial charge in [-0.25, -0.2) is 4.98 Å². The standard InChI is InChI=1S/C10H13N3O2/c1-10(2,11)7-9(14)13-8-6(15-7)4-3-5-12-8/h3-5,7H,11H2,1-2H3,(H,12,13,14). The number of carbonyl (C=O) groups excluding carboxylic acids is 1. The van der Waals surface area contributed by atoms with Crippen LogP contribution in [0.1, 0.15) is 13.8 Å². The summed E-state index contributed by atoms with van der Waals surface area (Å²) >= 11 is 0. The Morgan fingerprint density at radius 3 is 3.00 bits per heavy atom. The van der Waals surface area contributed by atoms with Gasteiger partial charge in [-0.2, -0.15) is 0 Å². The molecule has 0 aliphatic carbocycles. The predicted molar refractivity (Wildman–Crippen MR) is 55.5 cm³/mol. The van der Waals surface area contributed by atoms with Crippen molar-refractivity contribution in [1.29, 1.82) is 0 Å². The van der Waals surface area contributed by atoms with E-state index in [1.165, 1.54) is 0 Å². The van der Waals surface area contributed by atoms with E-state index >= 15 is 0 Å². The molecule has 0 bridgehead atoms. The molecular weight excluding hydrogens is 194 g/mol. The van der Waals surface area contributed by atoms with Gasteiger partial charge in [-0.05, 0) is 26.0 Å². The maximum Gasteiger partial charge on any atom is 0.268 e. The van der Waals surface area contributed by atoms with Crippen molar-refractivity contribution in [3.8, 4) is 5.75 Å². The zero-order valence-electron chi connectivity index (χ0n) is 8.65. The number of nitrogens with zero attached hydrogens (tertiary/aromatic N) is 1. The van der Waals surface area contributed by atoms with Gasteiger partial charge in [0.15, 0.2) is 17.7 Å². The second kappa shape index (κ2) is 3.20. The van der Waals surface area contributed by atoms with E-state index in [1.807, 2.05) is 0 Å². The van der Waals surface area contributed by atoms with Crippen LogP contribution in [-0.2, 0) is 4.79 Å². The van der Waals surface area contributed by atoms with Crippen LogP contribution in [0.4, 0.5) is 5.82 Å². The van der Waals surface area contributed by atoms with Crippen LogP contribution >= 0.6 is 0 Å². The van der Waals surface area contributed by atoms with E-state index in [-0.39, 0.29) is 5.91 Å². The Labute approximate surface area is 87.6 Å². The van der Waals surface area contributed by atoms with Crippen LogP contribution < -0.4 is 15.8 Å². The molecule has 0 saturated carbocycles. The van der Waals surface area contributed by atoms with Crippen molar-refractivity contribution >= 4 is 11.7 Å². The number of ether oxygens (including phenoxy) is 1. The SMILES string of the molecule is CC(C)(N)C1Oc2cccnc2NC1=O.